The topological polar surface area (TPSA) is 53.0 Å². The van der Waals surface area contributed by atoms with Gasteiger partial charge in [0, 0.05) is 29.6 Å². The molecule has 0 amide bonds. The van der Waals surface area contributed by atoms with E-state index in [2.05, 4.69) is 47.9 Å². The van der Waals surface area contributed by atoms with Crippen molar-refractivity contribution in [3.8, 4) is 11.5 Å². The first kappa shape index (κ1) is 26.5. The number of hydrogen-bond acceptors (Lipinski definition) is 5. The molecule has 5 heteroatoms. The van der Waals surface area contributed by atoms with Crippen LogP contribution in [-0.2, 0) is 18.5 Å². The van der Waals surface area contributed by atoms with Crippen LogP contribution in [0.1, 0.15) is 57.6 Å². The van der Waals surface area contributed by atoms with E-state index < -0.39 is 0 Å². The highest BCUT2D eigenvalue weighted by molar-refractivity contribution is 5.91. The van der Waals surface area contributed by atoms with Gasteiger partial charge in [-0.15, -0.1) is 0 Å². The van der Waals surface area contributed by atoms with Crippen LogP contribution in [0.25, 0.3) is 0 Å². The molecule has 0 heterocycles. The van der Waals surface area contributed by atoms with Gasteiger partial charge >= 0.3 is 5.97 Å². The normalized spacial score (nSPS) is 11.8. The number of aryl methyl sites for hydroxylation is 2. The van der Waals surface area contributed by atoms with Crippen LogP contribution in [0.4, 0.5) is 0 Å². The highest BCUT2D eigenvalue weighted by Crippen LogP contribution is 2.39. The molecule has 186 valence electrons. The first-order valence-corrected chi connectivity index (χ1v) is 11.9. The van der Waals surface area contributed by atoms with Gasteiger partial charge < -0.3 is 19.6 Å². The van der Waals surface area contributed by atoms with E-state index in [4.69, 9.17) is 4.74 Å². The molecule has 35 heavy (non-hydrogen) atoms. The zero-order valence-electron chi connectivity index (χ0n) is 22.3. The Morgan fingerprint density at radius 2 is 1.34 bits per heavy atom. The van der Waals surface area contributed by atoms with E-state index in [1.165, 1.54) is 0 Å². The molecule has 0 saturated carbocycles. The number of hydrogen-bond donors (Lipinski definition) is 1. The predicted octanol–water partition coefficient (Wildman–Crippen LogP) is 5.68. The second-order valence-corrected chi connectivity index (χ2v) is 10.4. The maximum Gasteiger partial charge on any atom is 0.343 e. The van der Waals surface area contributed by atoms with Gasteiger partial charge in [0.2, 0.25) is 0 Å². The first-order chi connectivity index (χ1) is 16.4. The third-order valence-electron chi connectivity index (χ3n) is 6.35. The van der Waals surface area contributed by atoms with E-state index >= 15 is 0 Å². The molecule has 0 radical (unpaired) electrons. The first-order valence-electron chi connectivity index (χ1n) is 11.9. The summed E-state index contributed by atoms with van der Waals surface area (Å²) in [4.78, 5) is 17.0. The molecule has 1 N–H and O–H groups in total. The highest BCUT2D eigenvalue weighted by Gasteiger charge is 2.28. The number of phenols is 1. The molecule has 0 fully saturated rings. The van der Waals surface area contributed by atoms with Crippen LogP contribution in [0.2, 0.25) is 0 Å². The number of aromatic hydroxyl groups is 1. The fourth-order valence-corrected chi connectivity index (χ4v) is 4.38. The molecular weight excluding hydrogens is 436 g/mol. The second-order valence-electron chi connectivity index (χ2n) is 10.4. The Labute approximate surface area is 210 Å². The van der Waals surface area contributed by atoms with E-state index in [0.29, 0.717) is 30.2 Å². The fourth-order valence-electron chi connectivity index (χ4n) is 4.38. The fraction of sp³-hybridized carbons (Fsp3) is 0.367. The molecule has 0 atom stereocenters. The number of carbonyl (C=O) groups excluding carboxylic acids is 1. The van der Waals surface area contributed by atoms with Crippen LogP contribution in [0.3, 0.4) is 0 Å². The maximum absolute atomic E-state index is 12.8. The van der Waals surface area contributed by atoms with Crippen molar-refractivity contribution >= 4 is 5.97 Å². The summed E-state index contributed by atoms with van der Waals surface area (Å²) in [5, 5.41) is 10.6. The molecule has 0 bridgehead atoms. The van der Waals surface area contributed by atoms with Gasteiger partial charge in [-0.2, -0.15) is 0 Å². The molecule has 0 spiro atoms. The molecule has 0 saturated heterocycles. The van der Waals surface area contributed by atoms with Crippen molar-refractivity contribution in [1.29, 1.82) is 0 Å². The zero-order chi connectivity index (χ0) is 25.9. The number of carbonyl (C=O) groups is 1. The Kier molecular flexibility index (Phi) is 8.04. The van der Waals surface area contributed by atoms with E-state index in [1.807, 2.05) is 60.2 Å². The average molecular weight is 475 g/mol. The van der Waals surface area contributed by atoms with Gasteiger partial charge in [0.25, 0.3) is 0 Å². The van der Waals surface area contributed by atoms with Crippen molar-refractivity contribution in [1.82, 2.24) is 9.80 Å². The van der Waals surface area contributed by atoms with Gasteiger partial charge in [-0.3, -0.25) is 0 Å². The van der Waals surface area contributed by atoms with Crippen LogP contribution in [0, 0.1) is 13.8 Å². The number of ether oxygens (including phenoxy) is 1. The smallest absolute Gasteiger partial charge is 0.343 e. The van der Waals surface area contributed by atoms with Crippen molar-refractivity contribution in [3.05, 3.63) is 93.5 Å². The van der Waals surface area contributed by atoms with E-state index in [0.717, 1.165) is 33.4 Å². The van der Waals surface area contributed by atoms with E-state index in [9.17, 15) is 9.90 Å². The molecule has 0 aromatic heterocycles. The Morgan fingerprint density at radius 3 is 1.91 bits per heavy atom. The second kappa shape index (κ2) is 10.6. The lowest BCUT2D eigenvalue weighted by atomic mass is 9.76. The summed E-state index contributed by atoms with van der Waals surface area (Å²) in [6, 6.07) is 17.5. The lowest BCUT2D eigenvalue weighted by Gasteiger charge is -2.30. The van der Waals surface area contributed by atoms with Gasteiger partial charge in [-0.25, -0.2) is 4.79 Å². The molecule has 0 aliphatic rings. The average Bonchev–Trinajstić information content (AvgIpc) is 2.78. The highest BCUT2D eigenvalue weighted by atomic mass is 16.5. The molecular formula is C30H38N2O3. The van der Waals surface area contributed by atoms with Crippen molar-refractivity contribution < 1.29 is 14.6 Å². The largest absolute Gasteiger partial charge is 0.507 e. The minimum Gasteiger partial charge on any atom is -0.507 e. The molecule has 3 aromatic carbocycles. The SMILES string of the molecule is Cc1cc(C(C)(C)c2cc(C)c(OC(=O)c3ccccc3)c(CN(C)C)c2)cc(CN(C)C)c1O. The Hall–Kier alpha value is -3.15. The van der Waals surface area contributed by atoms with Gasteiger partial charge in [0.1, 0.15) is 11.5 Å². The minimum atomic E-state index is -0.358. The number of benzene rings is 3. The van der Waals surface area contributed by atoms with Crippen LogP contribution >= 0.6 is 0 Å². The van der Waals surface area contributed by atoms with Gasteiger partial charge in [-0.05, 0) is 88.6 Å². The number of rotatable bonds is 8. The third kappa shape index (κ3) is 6.11. The van der Waals surface area contributed by atoms with Crippen LogP contribution < -0.4 is 4.74 Å². The van der Waals surface area contributed by atoms with Crippen LogP contribution in [0.15, 0.2) is 54.6 Å². The monoisotopic (exact) mass is 474 g/mol. The molecule has 0 unspecified atom stereocenters. The number of phenolic OH excluding ortho intramolecular Hbond substituents is 1. The van der Waals surface area contributed by atoms with Crippen LogP contribution in [0.5, 0.6) is 11.5 Å². The lowest BCUT2D eigenvalue weighted by Crippen LogP contribution is -2.22. The van der Waals surface area contributed by atoms with Crippen molar-refractivity contribution in [2.24, 2.45) is 0 Å². The van der Waals surface area contributed by atoms with Crippen molar-refractivity contribution in [2.75, 3.05) is 28.2 Å². The third-order valence-corrected chi connectivity index (χ3v) is 6.35. The molecule has 3 aromatic rings. The Balaban J connectivity index is 2.07. The summed E-state index contributed by atoms with van der Waals surface area (Å²) in [6.45, 7) is 9.64. The number of nitrogens with zero attached hydrogens (tertiary/aromatic N) is 2. The summed E-state index contributed by atoms with van der Waals surface area (Å²) in [6.07, 6.45) is 0. The quantitative estimate of drug-likeness (QED) is 0.336. The number of esters is 1. The molecule has 5 nitrogen and oxygen atoms in total. The van der Waals surface area contributed by atoms with Crippen molar-refractivity contribution in [3.63, 3.8) is 0 Å². The zero-order valence-corrected chi connectivity index (χ0v) is 22.3. The molecule has 0 aliphatic carbocycles. The minimum absolute atomic E-state index is 0.326. The summed E-state index contributed by atoms with van der Waals surface area (Å²) in [7, 11) is 8.01. The predicted molar refractivity (Wildman–Crippen MR) is 142 cm³/mol. The lowest BCUT2D eigenvalue weighted by molar-refractivity contribution is 0.0730. The van der Waals surface area contributed by atoms with Crippen LogP contribution in [-0.4, -0.2) is 49.1 Å². The maximum atomic E-state index is 12.8. The Morgan fingerprint density at radius 1 is 0.829 bits per heavy atom. The summed E-state index contributed by atoms with van der Waals surface area (Å²) < 4.78 is 5.93. The molecule has 3 rings (SSSR count). The standard InChI is InChI=1S/C30H38N2O3/c1-20-14-25(16-23(27(20)33)18-31(5)6)30(3,4)26-15-21(2)28(24(17-26)19-32(7)8)35-29(34)22-12-10-9-11-13-22/h9-17,33H,18-19H2,1-8H3. The van der Waals surface area contributed by atoms with E-state index in [1.54, 1.807) is 12.1 Å². The summed E-state index contributed by atoms with van der Waals surface area (Å²) in [5.41, 5.74) is 6.13. The van der Waals surface area contributed by atoms with Crippen molar-refractivity contribution in [2.45, 2.75) is 46.2 Å². The summed E-state index contributed by atoms with van der Waals surface area (Å²) in [5.74, 6) is 0.608. The van der Waals surface area contributed by atoms with Gasteiger partial charge in [0.15, 0.2) is 0 Å². The molecule has 0 aliphatic heterocycles. The van der Waals surface area contributed by atoms with E-state index in [-0.39, 0.29) is 11.4 Å². The Bertz CT molecular complexity index is 1200. The van der Waals surface area contributed by atoms with Gasteiger partial charge in [-0.1, -0.05) is 44.2 Å². The summed E-state index contributed by atoms with van der Waals surface area (Å²) >= 11 is 0. The van der Waals surface area contributed by atoms with Gasteiger partial charge in [0.05, 0.1) is 5.56 Å².